The van der Waals surface area contributed by atoms with Gasteiger partial charge in [-0.25, -0.2) is 17.2 Å². The molecule has 1 amide bonds. The summed E-state index contributed by atoms with van der Waals surface area (Å²) in [6.45, 7) is 4.87. The minimum atomic E-state index is -3.86. The Bertz CT molecular complexity index is 752. The van der Waals surface area contributed by atoms with Crippen LogP contribution in [0.5, 0.6) is 0 Å². The molecule has 1 aliphatic heterocycles. The lowest BCUT2D eigenvalue weighted by molar-refractivity contribution is -0.121. The fraction of sp³-hybridized carbons (Fsp3) is 0.611. The quantitative estimate of drug-likeness (QED) is 0.675. The van der Waals surface area contributed by atoms with E-state index in [1.807, 2.05) is 0 Å². The molecule has 6 nitrogen and oxygen atoms in total. The van der Waals surface area contributed by atoms with Crippen LogP contribution in [0, 0.1) is 11.6 Å². The Hall–Kier alpha value is -1.74. The second kappa shape index (κ2) is 9.45. The lowest BCUT2D eigenvalue weighted by atomic mass is 10.1. The molecule has 0 aliphatic carbocycles. The molecule has 0 bridgehead atoms. The van der Waals surface area contributed by atoms with E-state index in [0.29, 0.717) is 6.54 Å². The van der Waals surface area contributed by atoms with Gasteiger partial charge in [-0.1, -0.05) is 6.42 Å². The maximum absolute atomic E-state index is 13.5. The summed E-state index contributed by atoms with van der Waals surface area (Å²) in [6.07, 6.45) is 5.34. The van der Waals surface area contributed by atoms with E-state index in [9.17, 15) is 22.0 Å². The Morgan fingerprint density at radius 1 is 1.22 bits per heavy atom. The number of carbonyl (C=O) groups excluding carboxylic acids is 1. The maximum Gasteiger partial charge on any atom is 0.243 e. The number of nitrogens with zero attached hydrogens (tertiary/aromatic N) is 2. The van der Waals surface area contributed by atoms with Crippen LogP contribution in [0.1, 0.15) is 32.6 Å². The molecule has 1 fully saturated rings. The van der Waals surface area contributed by atoms with Crippen LogP contribution < -0.4 is 9.62 Å². The van der Waals surface area contributed by atoms with E-state index in [4.69, 9.17) is 0 Å². The summed E-state index contributed by atoms with van der Waals surface area (Å²) in [5, 5.41) is 2.73. The van der Waals surface area contributed by atoms with Crippen molar-refractivity contribution in [2.45, 2.75) is 38.6 Å². The Morgan fingerprint density at radius 3 is 2.48 bits per heavy atom. The van der Waals surface area contributed by atoms with Crippen molar-refractivity contribution >= 4 is 21.6 Å². The van der Waals surface area contributed by atoms with Gasteiger partial charge in [0.2, 0.25) is 15.9 Å². The van der Waals surface area contributed by atoms with Gasteiger partial charge in [-0.05, 0) is 58.0 Å². The van der Waals surface area contributed by atoms with Gasteiger partial charge in [0, 0.05) is 12.6 Å². The highest BCUT2D eigenvalue weighted by atomic mass is 32.2. The third kappa shape index (κ3) is 6.14. The zero-order valence-electron chi connectivity index (χ0n) is 15.7. The average Bonchev–Trinajstić information content (AvgIpc) is 2.61. The molecule has 27 heavy (non-hydrogen) atoms. The highest BCUT2D eigenvalue weighted by Gasteiger charge is 2.29. The van der Waals surface area contributed by atoms with Gasteiger partial charge in [-0.3, -0.25) is 9.10 Å². The summed E-state index contributed by atoms with van der Waals surface area (Å²) >= 11 is 0. The minimum Gasteiger partial charge on any atom is -0.354 e. The van der Waals surface area contributed by atoms with E-state index in [-0.39, 0.29) is 5.69 Å². The number of hydrogen-bond donors (Lipinski definition) is 1. The molecule has 0 spiro atoms. The summed E-state index contributed by atoms with van der Waals surface area (Å²) in [5.74, 6) is -2.74. The second-order valence-corrected chi connectivity index (χ2v) is 8.74. The maximum atomic E-state index is 13.5. The van der Waals surface area contributed by atoms with Crippen LogP contribution in [0.2, 0.25) is 0 Å². The molecule has 1 N–H and O–H groups in total. The van der Waals surface area contributed by atoms with Gasteiger partial charge >= 0.3 is 0 Å². The zero-order chi connectivity index (χ0) is 20.0. The number of rotatable bonds is 8. The Labute approximate surface area is 159 Å². The number of hydrogen-bond acceptors (Lipinski definition) is 4. The molecule has 1 aromatic carbocycles. The van der Waals surface area contributed by atoms with Crippen molar-refractivity contribution in [3.05, 3.63) is 29.8 Å². The smallest absolute Gasteiger partial charge is 0.243 e. The molecule has 9 heteroatoms. The van der Waals surface area contributed by atoms with Crippen molar-refractivity contribution in [3.8, 4) is 0 Å². The highest BCUT2D eigenvalue weighted by Crippen LogP contribution is 2.23. The molecule has 2 rings (SSSR count). The monoisotopic (exact) mass is 403 g/mol. The van der Waals surface area contributed by atoms with Gasteiger partial charge in [0.15, 0.2) is 11.6 Å². The first-order chi connectivity index (χ1) is 12.7. The molecule has 1 aromatic rings. The van der Waals surface area contributed by atoms with Gasteiger partial charge in [0.1, 0.15) is 6.04 Å². The predicted octanol–water partition coefficient (Wildman–Crippen LogP) is 2.11. The lowest BCUT2D eigenvalue weighted by Crippen LogP contribution is -2.48. The van der Waals surface area contributed by atoms with Gasteiger partial charge in [-0.15, -0.1) is 0 Å². The van der Waals surface area contributed by atoms with Crippen LogP contribution in [0.15, 0.2) is 18.2 Å². The summed E-state index contributed by atoms with van der Waals surface area (Å²) in [5.41, 5.74) is -0.0904. The Balaban J connectivity index is 1.96. The van der Waals surface area contributed by atoms with Crippen molar-refractivity contribution < 1.29 is 22.0 Å². The number of halogens is 2. The largest absolute Gasteiger partial charge is 0.354 e. The number of amides is 1. The van der Waals surface area contributed by atoms with Gasteiger partial charge in [0.25, 0.3) is 0 Å². The first-order valence-corrected chi connectivity index (χ1v) is 11.0. The number of carbonyl (C=O) groups is 1. The van der Waals surface area contributed by atoms with Crippen molar-refractivity contribution in [2.24, 2.45) is 0 Å². The number of benzene rings is 1. The van der Waals surface area contributed by atoms with Crippen LogP contribution in [0.3, 0.4) is 0 Å². The number of piperidine rings is 1. The van der Waals surface area contributed by atoms with Crippen LogP contribution >= 0.6 is 0 Å². The molecule has 1 aliphatic rings. The SMILES string of the molecule is CC(C(=O)NCCCN1CCCCC1)N(c1ccc(F)c(F)c1)S(C)(=O)=O. The van der Waals surface area contributed by atoms with E-state index < -0.39 is 33.6 Å². The van der Waals surface area contributed by atoms with Crippen molar-refractivity contribution in [2.75, 3.05) is 36.7 Å². The van der Waals surface area contributed by atoms with E-state index in [0.717, 1.165) is 54.8 Å². The summed E-state index contributed by atoms with van der Waals surface area (Å²) < 4.78 is 51.7. The van der Waals surface area contributed by atoms with E-state index in [2.05, 4.69) is 10.2 Å². The number of sulfonamides is 1. The zero-order valence-corrected chi connectivity index (χ0v) is 16.6. The number of nitrogens with one attached hydrogen (secondary N) is 1. The van der Waals surface area contributed by atoms with E-state index >= 15 is 0 Å². The molecule has 1 saturated heterocycles. The van der Waals surface area contributed by atoms with Crippen molar-refractivity contribution in [1.29, 1.82) is 0 Å². The van der Waals surface area contributed by atoms with Crippen molar-refractivity contribution in [1.82, 2.24) is 10.2 Å². The normalized spacial score (nSPS) is 16.7. The average molecular weight is 403 g/mol. The topological polar surface area (TPSA) is 69.7 Å². The molecule has 0 radical (unpaired) electrons. The highest BCUT2D eigenvalue weighted by molar-refractivity contribution is 7.92. The predicted molar refractivity (Wildman–Crippen MR) is 101 cm³/mol. The molecule has 0 aromatic heterocycles. The molecule has 1 unspecified atom stereocenters. The molecular formula is C18H27F2N3O3S. The Kier molecular flexibility index (Phi) is 7.55. The fourth-order valence-electron chi connectivity index (χ4n) is 3.28. The fourth-order valence-corrected chi connectivity index (χ4v) is 4.44. The lowest BCUT2D eigenvalue weighted by Gasteiger charge is -2.29. The standard InChI is InChI=1S/C18H27F2N3O3S/c1-14(18(24)21-9-6-12-22-10-4-3-5-11-22)23(27(2,25)26)15-7-8-16(19)17(20)13-15/h7-8,13-14H,3-6,9-12H2,1-2H3,(H,21,24). The van der Waals surface area contributed by atoms with Crippen LogP contribution in [-0.2, 0) is 14.8 Å². The second-order valence-electron chi connectivity index (χ2n) is 6.88. The van der Waals surface area contributed by atoms with Gasteiger partial charge in [0.05, 0.1) is 11.9 Å². The molecular weight excluding hydrogens is 376 g/mol. The van der Waals surface area contributed by atoms with E-state index in [1.165, 1.54) is 26.2 Å². The first kappa shape index (κ1) is 21.6. The summed E-state index contributed by atoms with van der Waals surface area (Å²) in [4.78, 5) is 14.8. The molecule has 1 atom stereocenters. The van der Waals surface area contributed by atoms with Crippen LogP contribution in [-0.4, -0.2) is 57.7 Å². The third-order valence-electron chi connectivity index (χ3n) is 4.65. The molecule has 1 heterocycles. The number of likely N-dealkylation sites (tertiary alicyclic amines) is 1. The van der Waals surface area contributed by atoms with Crippen molar-refractivity contribution in [3.63, 3.8) is 0 Å². The summed E-state index contributed by atoms with van der Waals surface area (Å²) in [6, 6.07) is 1.67. The summed E-state index contributed by atoms with van der Waals surface area (Å²) in [7, 11) is -3.86. The van der Waals surface area contributed by atoms with Gasteiger partial charge < -0.3 is 10.2 Å². The van der Waals surface area contributed by atoms with E-state index in [1.54, 1.807) is 0 Å². The van der Waals surface area contributed by atoms with Crippen LogP contribution in [0.4, 0.5) is 14.5 Å². The third-order valence-corrected chi connectivity index (χ3v) is 5.89. The van der Waals surface area contributed by atoms with Gasteiger partial charge in [-0.2, -0.15) is 0 Å². The molecule has 152 valence electrons. The molecule has 0 saturated carbocycles. The Morgan fingerprint density at radius 2 is 1.89 bits per heavy atom. The number of anilines is 1. The first-order valence-electron chi connectivity index (χ1n) is 9.14. The van der Waals surface area contributed by atoms with Crippen LogP contribution in [0.25, 0.3) is 0 Å². The minimum absolute atomic E-state index is 0.0904.